The Balaban J connectivity index is 2.00. The summed E-state index contributed by atoms with van der Waals surface area (Å²) in [7, 11) is 1.75. The molecule has 0 radical (unpaired) electrons. The van der Waals surface area contributed by atoms with Crippen molar-refractivity contribution in [3.8, 4) is 0 Å². The van der Waals surface area contributed by atoms with E-state index in [4.69, 9.17) is 4.42 Å². The Hall–Kier alpha value is -1.56. The van der Waals surface area contributed by atoms with Crippen LogP contribution in [0.15, 0.2) is 39.7 Å². The van der Waals surface area contributed by atoms with Gasteiger partial charge in [0.2, 0.25) is 5.91 Å². The minimum atomic E-state index is -0.316. The number of aromatic nitrogens is 2. The summed E-state index contributed by atoms with van der Waals surface area (Å²) in [6, 6.07) is 5.13. The quantitative estimate of drug-likeness (QED) is 0.871. The van der Waals surface area contributed by atoms with Crippen molar-refractivity contribution in [3.05, 3.63) is 41.0 Å². The normalized spacial score (nSPS) is 12.4. The zero-order chi connectivity index (χ0) is 13.1. The summed E-state index contributed by atoms with van der Waals surface area (Å²) in [5.41, 5.74) is 0. The molecule has 0 aliphatic carbocycles. The van der Waals surface area contributed by atoms with Gasteiger partial charge in [-0.2, -0.15) is 5.10 Å². The van der Waals surface area contributed by atoms with Crippen molar-refractivity contribution in [2.45, 2.75) is 19.5 Å². The Kier molecular flexibility index (Phi) is 3.86. The predicted octanol–water partition coefficient (Wildman–Crippen LogP) is 2.46. The lowest BCUT2D eigenvalue weighted by Gasteiger charge is -2.20. The third-order valence-corrected chi connectivity index (χ3v) is 3.10. The first-order valence-electron chi connectivity index (χ1n) is 5.56. The second-order valence-corrected chi connectivity index (χ2v) is 4.84. The summed E-state index contributed by atoms with van der Waals surface area (Å²) >= 11 is 3.24. The number of hydrogen-bond donors (Lipinski definition) is 0. The number of furan rings is 1. The van der Waals surface area contributed by atoms with Crippen molar-refractivity contribution in [2.24, 2.45) is 0 Å². The molecule has 2 aromatic rings. The molecular weight excluding hydrogens is 298 g/mol. The van der Waals surface area contributed by atoms with E-state index in [0.717, 1.165) is 5.76 Å². The summed E-state index contributed by atoms with van der Waals surface area (Å²) in [5.74, 6) is 0.733. The molecule has 0 fully saturated rings. The monoisotopic (exact) mass is 311 g/mol. The van der Waals surface area contributed by atoms with Gasteiger partial charge >= 0.3 is 0 Å². The molecule has 0 saturated heterocycles. The van der Waals surface area contributed by atoms with Crippen molar-refractivity contribution in [1.29, 1.82) is 0 Å². The van der Waals surface area contributed by atoms with Gasteiger partial charge in [-0.25, -0.2) is 0 Å². The van der Waals surface area contributed by atoms with Crippen LogP contribution in [-0.4, -0.2) is 27.6 Å². The first kappa shape index (κ1) is 12.9. The molecule has 2 aromatic heterocycles. The lowest BCUT2D eigenvalue weighted by molar-refractivity contribution is -0.134. The van der Waals surface area contributed by atoms with Gasteiger partial charge in [0.05, 0.1) is 6.54 Å². The van der Waals surface area contributed by atoms with Gasteiger partial charge in [0, 0.05) is 19.4 Å². The second kappa shape index (κ2) is 5.39. The van der Waals surface area contributed by atoms with E-state index in [1.807, 2.05) is 19.1 Å². The number of carbonyl (C=O) groups excluding carboxylic acids is 1. The molecule has 0 spiro atoms. The molecule has 0 aliphatic heterocycles. The highest BCUT2D eigenvalue weighted by atomic mass is 79.9. The van der Waals surface area contributed by atoms with Gasteiger partial charge in [0.15, 0.2) is 4.67 Å². The molecule has 6 heteroatoms. The lowest BCUT2D eigenvalue weighted by atomic mass is 10.3. The largest absolute Gasteiger partial charge is 0.452 e. The van der Waals surface area contributed by atoms with Crippen LogP contribution < -0.4 is 0 Å². The molecule has 18 heavy (non-hydrogen) atoms. The fourth-order valence-electron chi connectivity index (χ4n) is 1.69. The fraction of sp³-hybridized carbons (Fsp3) is 0.333. The molecule has 0 saturated carbocycles. The number of likely N-dealkylation sites (N-methyl/N-ethyl adjacent to an activating group) is 1. The Bertz CT molecular complexity index is 521. The van der Waals surface area contributed by atoms with Crippen molar-refractivity contribution < 1.29 is 9.21 Å². The predicted molar refractivity (Wildman–Crippen MR) is 69.8 cm³/mol. The average Bonchev–Trinajstić information content (AvgIpc) is 2.98. The molecule has 0 aliphatic rings. The Morgan fingerprint density at radius 1 is 1.61 bits per heavy atom. The van der Waals surface area contributed by atoms with Crippen LogP contribution in [-0.2, 0) is 11.3 Å². The van der Waals surface area contributed by atoms with Gasteiger partial charge in [0.1, 0.15) is 11.8 Å². The summed E-state index contributed by atoms with van der Waals surface area (Å²) in [5, 5.41) is 4.07. The number of amides is 1. The third kappa shape index (κ3) is 2.81. The highest BCUT2D eigenvalue weighted by Crippen LogP contribution is 2.16. The SMILES string of the molecule is CC(C(=O)N(C)Cc1ccc(Br)o1)n1cccn1. The average molecular weight is 312 g/mol. The highest BCUT2D eigenvalue weighted by molar-refractivity contribution is 9.10. The van der Waals surface area contributed by atoms with Gasteiger partial charge in [-0.1, -0.05) is 0 Å². The molecular formula is C12H14BrN3O2. The number of halogens is 1. The zero-order valence-corrected chi connectivity index (χ0v) is 11.8. The maximum Gasteiger partial charge on any atom is 0.247 e. The molecule has 2 rings (SSSR count). The minimum Gasteiger partial charge on any atom is -0.452 e. The van der Waals surface area contributed by atoms with Gasteiger partial charge in [-0.15, -0.1) is 0 Å². The van der Waals surface area contributed by atoms with E-state index in [9.17, 15) is 4.79 Å². The van der Waals surface area contributed by atoms with E-state index < -0.39 is 0 Å². The molecule has 5 nitrogen and oxygen atoms in total. The summed E-state index contributed by atoms with van der Waals surface area (Å²) in [4.78, 5) is 13.8. The van der Waals surface area contributed by atoms with E-state index in [0.29, 0.717) is 11.2 Å². The summed E-state index contributed by atoms with van der Waals surface area (Å²) in [6.07, 6.45) is 3.44. The van der Waals surface area contributed by atoms with E-state index in [1.165, 1.54) is 0 Å². The molecule has 1 unspecified atom stereocenters. The molecule has 2 heterocycles. The molecule has 0 bridgehead atoms. The van der Waals surface area contributed by atoms with E-state index >= 15 is 0 Å². The molecule has 0 aromatic carbocycles. The van der Waals surface area contributed by atoms with Crippen LogP contribution in [0.3, 0.4) is 0 Å². The van der Waals surface area contributed by atoms with Crippen LogP contribution in [0.2, 0.25) is 0 Å². The van der Waals surface area contributed by atoms with Crippen LogP contribution in [0.25, 0.3) is 0 Å². The Morgan fingerprint density at radius 2 is 2.39 bits per heavy atom. The van der Waals surface area contributed by atoms with Gasteiger partial charge in [0.25, 0.3) is 0 Å². The van der Waals surface area contributed by atoms with E-state index in [1.54, 1.807) is 35.1 Å². The minimum absolute atomic E-state index is 0.00813. The number of carbonyl (C=O) groups is 1. The van der Waals surface area contributed by atoms with E-state index in [2.05, 4.69) is 21.0 Å². The lowest BCUT2D eigenvalue weighted by Crippen LogP contribution is -2.32. The molecule has 0 N–H and O–H groups in total. The Morgan fingerprint density at radius 3 is 2.94 bits per heavy atom. The van der Waals surface area contributed by atoms with Gasteiger partial charge in [-0.3, -0.25) is 9.48 Å². The van der Waals surface area contributed by atoms with E-state index in [-0.39, 0.29) is 11.9 Å². The number of rotatable bonds is 4. The van der Waals surface area contributed by atoms with Crippen LogP contribution in [0, 0.1) is 0 Å². The van der Waals surface area contributed by atoms with Gasteiger partial charge in [-0.05, 0) is 41.1 Å². The second-order valence-electron chi connectivity index (χ2n) is 4.06. The molecule has 1 amide bonds. The fourth-order valence-corrected chi connectivity index (χ4v) is 2.03. The van der Waals surface area contributed by atoms with Crippen molar-refractivity contribution in [2.75, 3.05) is 7.05 Å². The van der Waals surface area contributed by atoms with Crippen molar-refractivity contribution >= 4 is 21.8 Å². The maximum atomic E-state index is 12.2. The standard InChI is InChI=1S/C12H14BrN3O2/c1-9(16-7-3-6-14-16)12(17)15(2)8-10-4-5-11(13)18-10/h3-7,9H,8H2,1-2H3. The first-order valence-corrected chi connectivity index (χ1v) is 6.35. The number of nitrogens with zero attached hydrogens (tertiary/aromatic N) is 3. The zero-order valence-electron chi connectivity index (χ0n) is 10.2. The van der Waals surface area contributed by atoms with Gasteiger partial charge < -0.3 is 9.32 Å². The summed E-state index contributed by atoms with van der Waals surface area (Å²) < 4.78 is 7.68. The topological polar surface area (TPSA) is 51.3 Å². The highest BCUT2D eigenvalue weighted by Gasteiger charge is 2.20. The van der Waals surface area contributed by atoms with Crippen LogP contribution in [0.5, 0.6) is 0 Å². The maximum absolute atomic E-state index is 12.2. The third-order valence-electron chi connectivity index (χ3n) is 2.68. The summed E-state index contributed by atoms with van der Waals surface area (Å²) in [6.45, 7) is 2.26. The van der Waals surface area contributed by atoms with Crippen LogP contribution >= 0.6 is 15.9 Å². The molecule has 96 valence electrons. The smallest absolute Gasteiger partial charge is 0.247 e. The van der Waals surface area contributed by atoms with Crippen molar-refractivity contribution in [3.63, 3.8) is 0 Å². The first-order chi connectivity index (χ1) is 8.58. The Labute approximate surface area is 114 Å². The van der Waals surface area contributed by atoms with Crippen molar-refractivity contribution in [1.82, 2.24) is 14.7 Å². The number of hydrogen-bond acceptors (Lipinski definition) is 3. The van der Waals surface area contributed by atoms with Crippen LogP contribution in [0.1, 0.15) is 18.7 Å². The molecule has 1 atom stereocenters. The van der Waals surface area contributed by atoms with Crippen LogP contribution in [0.4, 0.5) is 0 Å².